The maximum Gasteiger partial charge on any atom is 0.411 e. The van der Waals surface area contributed by atoms with Crippen molar-refractivity contribution < 1.29 is 9.53 Å². The molecule has 1 amide bonds. The highest BCUT2D eigenvalue weighted by Gasteiger charge is 2.45. The van der Waals surface area contributed by atoms with E-state index in [0.29, 0.717) is 19.4 Å². The number of hydrogen-bond donors (Lipinski definition) is 1. The average Bonchev–Trinajstić information content (AvgIpc) is 2.79. The van der Waals surface area contributed by atoms with Crippen LogP contribution in [-0.4, -0.2) is 33.3 Å². The minimum Gasteiger partial charge on any atom is -0.438 e. The third-order valence-corrected chi connectivity index (χ3v) is 6.27. The van der Waals surface area contributed by atoms with E-state index in [1.165, 1.54) is 0 Å². The molecule has 2 aromatic carbocycles. The van der Waals surface area contributed by atoms with Gasteiger partial charge in [0, 0.05) is 30.5 Å². The van der Waals surface area contributed by atoms with Crippen LogP contribution >= 0.6 is 0 Å². The fourth-order valence-corrected chi connectivity index (χ4v) is 4.59. The number of carbonyl (C=O) groups excluding carboxylic acids is 1. The molecule has 1 fully saturated rings. The molecule has 6 nitrogen and oxygen atoms in total. The van der Waals surface area contributed by atoms with Crippen LogP contribution in [0.2, 0.25) is 0 Å². The van der Waals surface area contributed by atoms with Gasteiger partial charge in [-0.3, -0.25) is 0 Å². The molecule has 1 aromatic heterocycles. The minimum atomic E-state index is -0.721. The Balaban J connectivity index is 1.53. The number of aromatic nitrogens is 2. The predicted octanol–water partition coefficient (Wildman–Crippen LogP) is 5.38. The molecule has 1 aliphatic heterocycles. The summed E-state index contributed by atoms with van der Waals surface area (Å²) in [5, 5.41) is 8.39. The molecule has 0 radical (unpaired) electrons. The summed E-state index contributed by atoms with van der Waals surface area (Å²) in [6, 6.07) is 21.9. The standard InChI is InChI=1S/C27H32N4O2/c1-19-10-15-24(30-29-19)22-13-11-21(12-14-22)20(2)31-17-16-27(33-25(31)32,18-26(3,4)28)23-8-6-5-7-9-23/h5-15,20H,16-18,28H2,1-4H3/t20-,27-/m0/s1. The molecular weight excluding hydrogens is 412 g/mol. The molecule has 0 unspecified atom stereocenters. The van der Waals surface area contributed by atoms with E-state index in [0.717, 1.165) is 28.1 Å². The van der Waals surface area contributed by atoms with Crippen molar-refractivity contribution in [1.82, 2.24) is 15.1 Å². The molecule has 2 heterocycles. The molecule has 0 saturated carbocycles. The maximum atomic E-state index is 13.2. The van der Waals surface area contributed by atoms with Gasteiger partial charge in [0.25, 0.3) is 0 Å². The zero-order valence-corrected chi connectivity index (χ0v) is 19.8. The fourth-order valence-electron chi connectivity index (χ4n) is 4.59. The molecule has 0 bridgehead atoms. The molecule has 0 spiro atoms. The number of rotatable bonds is 6. The molecule has 2 atom stereocenters. The Morgan fingerprint density at radius 2 is 1.76 bits per heavy atom. The zero-order valence-electron chi connectivity index (χ0n) is 19.8. The summed E-state index contributed by atoms with van der Waals surface area (Å²) in [4.78, 5) is 15.0. The van der Waals surface area contributed by atoms with Crippen LogP contribution < -0.4 is 5.73 Å². The lowest BCUT2D eigenvalue weighted by atomic mass is 9.79. The van der Waals surface area contributed by atoms with E-state index in [-0.39, 0.29) is 12.1 Å². The molecule has 2 N–H and O–H groups in total. The highest BCUT2D eigenvalue weighted by Crippen LogP contribution is 2.41. The highest BCUT2D eigenvalue weighted by atomic mass is 16.6. The maximum absolute atomic E-state index is 13.2. The first-order chi connectivity index (χ1) is 15.7. The van der Waals surface area contributed by atoms with Crippen molar-refractivity contribution in [3.05, 3.63) is 83.6 Å². The van der Waals surface area contributed by atoms with Crippen LogP contribution in [0.25, 0.3) is 11.3 Å². The van der Waals surface area contributed by atoms with Gasteiger partial charge < -0.3 is 15.4 Å². The van der Waals surface area contributed by atoms with Gasteiger partial charge in [0.1, 0.15) is 5.60 Å². The van der Waals surface area contributed by atoms with Gasteiger partial charge in [0.05, 0.1) is 17.4 Å². The van der Waals surface area contributed by atoms with E-state index in [1.807, 2.05) is 94.4 Å². The van der Waals surface area contributed by atoms with Gasteiger partial charge in [0.2, 0.25) is 0 Å². The average molecular weight is 445 g/mol. The molecule has 33 heavy (non-hydrogen) atoms. The van der Waals surface area contributed by atoms with E-state index < -0.39 is 11.1 Å². The first-order valence-corrected chi connectivity index (χ1v) is 11.4. The summed E-state index contributed by atoms with van der Waals surface area (Å²) in [5.41, 5.74) is 9.93. The van der Waals surface area contributed by atoms with Crippen LogP contribution in [0.4, 0.5) is 4.79 Å². The van der Waals surface area contributed by atoms with Crippen LogP contribution in [0.15, 0.2) is 66.7 Å². The second kappa shape index (κ2) is 8.94. The summed E-state index contributed by atoms with van der Waals surface area (Å²) < 4.78 is 6.18. The topological polar surface area (TPSA) is 81.3 Å². The summed E-state index contributed by atoms with van der Waals surface area (Å²) in [5.74, 6) is 0. The van der Waals surface area contributed by atoms with Crippen molar-refractivity contribution in [1.29, 1.82) is 0 Å². The quantitative estimate of drug-likeness (QED) is 0.552. The number of amides is 1. The lowest BCUT2D eigenvalue weighted by molar-refractivity contribution is -0.0738. The first-order valence-electron chi connectivity index (χ1n) is 11.4. The number of aryl methyl sites for hydroxylation is 1. The van der Waals surface area contributed by atoms with Crippen molar-refractivity contribution in [2.45, 2.75) is 57.7 Å². The Morgan fingerprint density at radius 3 is 2.33 bits per heavy atom. The van der Waals surface area contributed by atoms with Crippen molar-refractivity contribution in [2.75, 3.05) is 6.54 Å². The van der Waals surface area contributed by atoms with Crippen LogP contribution in [0.1, 0.15) is 56.5 Å². The van der Waals surface area contributed by atoms with Crippen LogP contribution in [0, 0.1) is 6.92 Å². The summed E-state index contributed by atoms with van der Waals surface area (Å²) in [7, 11) is 0. The largest absolute Gasteiger partial charge is 0.438 e. The number of benzene rings is 2. The van der Waals surface area contributed by atoms with Gasteiger partial charge >= 0.3 is 6.09 Å². The lowest BCUT2D eigenvalue weighted by Crippen LogP contribution is -2.52. The SMILES string of the molecule is Cc1ccc(-c2ccc([C@H](C)N3CC[C@](CC(C)(C)N)(c4ccccc4)OC3=O)cc2)nn1. The summed E-state index contributed by atoms with van der Waals surface area (Å²) in [6.45, 7) is 8.49. The Hall–Kier alpha value is -3.25. The number of cyclic esters (lactones) is 1. The number of nitrogens with two attached hydrogens (primary N) is 1. The molecule has 3 aromatic rings. The van der Waals surface area contributed by atoms with Crippen LogP contribution in [0.5, 0.6) is 0 Å². The molecule has 4 rings (SSSR count). The van der Waals surface area contributed by atoms with E-state index >= 15 is 0 Å². The van der Waals surface area contributed by atoms with Gasteiger partial charge in [-0.1, -0.05) is 54.6 Å². The van der Waals surface area contributed by atoms with Crippen molar-refractivity contribution in [3.8, 4) is 11.3 Å². The Kier molecular flexibility index (Phi) is 6.21. The Labute approximate surface area is 195 Å². The van der Waals surface area contributed by atoms with Crippen molar-refractivity contribution >= 4 is 6.09 Å². The van der Waals surface area contributed by atoms with Crippen LogP contribution in [-0.2, 0) is 10.3 Å². The zero-order chi connectivity index (χ0) is 23.6. The third kappa shape index (κ3) is 5.06. The van der Waals surface area contributed by atoms with E-state index in [9.17, 15) is 4.79 Å². The number of nitrogens with zero attached hydrogens (tertiary/aromatic N) is 3. The van der Waals surface area contributed by atoms with E-state index in [1.54, 1.807) is 4.90 Å². The van der Waals surface area contributed by atoms with E-state index in [2.05, 4.69) is 10.2 Å². The summed E-state index contributed by atoms with van der Waals surface area (Å²) in [6.07, 6.45) is 0.935. The molecule has 6 heteroatoms. The number of carbonyl (C=O) groups is 1. The molecular formula is C27H32N4O2. The van der Waals surface area contributed by atoms with E-state index in [4.69, 9.17) is 10.5 Å². The van der Waals surface area contributed by atoms with Crippen molar-refractivity contribution in [2.24, 2.45) is 5.73 Å². The molecule has 0 aliphatic carbocycles. The first kappa shape index (κ1) is 22.9. The second-order valence-electron chi connectivity index (χ2n) is 9.69. The van der Waals surface area contributed by atoms with Gasteiger partial charge in [-0.05, 0) is 51.0 Å². The number of hydrogen-bond acceptors (Lipinski definition) is 5. The highest BCUT2D eigenvalue weighted by molar-refractivity contribution is 5.70. The molecule has 1 aliphatic rings. The van der Waals surface area contributed by atoms with Crippen LogP contribution in [0.3, 0.4) is 0 Å². The van der Waals surface area contributed by atoms with Gasteiger partial charge in [-0.15, -0.1) is 0 Å². The normalized spacial score (nSPS) is 19.8. The van der Waals surface area contributed by atoms with Gasteiger partial charge in [0.15, 0.2) is 0 Å². The monoisotopic (exact) mass is 444 g/mol. The Bertz CT molecular complexity index is 1090. The predicted molar refractivity (Wildman–Crippen MR) is 129 cm³/mol. The van der Waals surface area contributed by atoms with Crippen molar-refractivity contribution in [3.63, 3.8) is 0 Å². The second-order valence-corrected chi connectivity index (χ2v) is 9.69. The lowest BCUT2D eigenvalue weighted by Gasteiger charge is -2.45. The van der Waals surface area contributed by atoms with Gasteiger partial charge in [-0.2, -0.15) is 10.2 Å². The fraction of sp³-hybridized carbons (Fsp3) is 0.370. The minimum absolute atomic E-state index is 0.115. The van der Waals surface area contributed by atoms with Gasteiger partial charge in [-0.25, -0.2) is 4.79 Å². The number of ether oxygens (including phenoxy) is 1. The third-order valence-electron chi connectivity index (χ3n) is 6.27. The molecule has 1 saturated heterocycles. The molecule has 172 valence electrons. The summed E-state index contributed by atoms with van der Waals surface area (Å²) >= 11 is 0. The Morgan fingerprint density at radius 1 is 1.06 bits per heavy atom. The smallest absolute Gasteiger partial charge is 0.411 e.